The van der Waals surface area contributed by atoms with Crippen LogP contribution in [0.15, 0.2) is 29.2 Å². The van der Waals surface area contributed by atoms with Gasteiger partial charge in [-0.15, -0.1) is 0 Å². The summed E-state index contributed by atoms with van der Waals surface area (Å²) < 4.78 is 31.7. The SMILES string of the molecule is CCNCCOc1ccc(S(=O)(=O)N2CCCC2)cc1. The van der Waals surface area contributed by atoms with E-state index in [0.717, 1.165) is 25.9 Å². The van der Waals surface area contributed by atoms with Crippen molar-refractivity contribution in [1.29, 1.82) is 0 Å². The number of rotatable bonds is 7. The van der Waals surface area contributed by atoms with E-state index in [2.05, 4.69) is 5.32 Å². The number of hydrogen-bond acceptors (Lipinski definition) is 4. The predicted octanol–water partition coefficient (Wildman–Crippen LogP) is 1.46. The summed E-state index contributed by atoms with van der Waals surface area (Å²) in [7, 11) is -3.32. The highest BCUT2D eigenvalue weighted by molar-refractivity contribution is 7.89. The van der Waals surface area contributed by atoms with Gasteiger partial charge in [0.1, 0.15) is 12.4 Å². The molecule has 112 valence electrons. The van der Waals surface area contributed by atoms with E-state index in [-0.39, 0.29) is 0 Å². The Morgan fingerprint density at radius 1 is 1.20 bits per heavy atom. The first kappa shape index (κ1) is 15.3. The summed E-state index contributed by atoms with van der Waals surface area (Å²) in [6.45, 7) is 5.57. The molecule has 0 bridgehead atoms. The van der Waals surface area contributed by atoms with Gasteiger partial charge >= 0.3 is 0 Å². The van der Waals surface area contributed by atoms with Crippen LogP contribution in [0.3, 0.4) is 0 Å². The molecule has 1 fully saturated rings. The maximum Gasteiger partial charge on any atom is 0.243 e. The molecule has 0 saturated carbocycles. The molecule has 6 heteroatoms. The molecule has 1 aromatic carbocycles. The van der Waals surface area contributed by atoms with Crippen molar-refractivity contribution in [3.63, 3.8) is 0 Å². The molecule has 0 aromatic heterocycles. The van der Waals surface area contributed by atoms with E-state index in [1.807, 2.05) is 6.92 Å². The molecule has 0 radical (unpaired) electrons. The van der Waals surface area contributed by atoms with Gasteiger partial charge < -0.3 is 10.1 Å². The van der Waals surface area contributed by atoms with Crippen LogP contribution in [-0.4, -0.2) is 45.5 Å². The molecule has 1 aliphatic heterocycles. The van der Waals surface area contributed by atoms with Crippen molar-refractivity contribution < 1.29 is 13.2 Å². The fourth-order valence-corrected chi connectivity index (χ4v) is 3.72. The van der Waals surface area contributed by atoms with E-state index >= 15 is 0 Å². The molecule has 2 rings (SSSR count). The first-order valence-electron chi connectivity index (χ1n) is 7.08. The molecular formula is C14H22N2O3S. The summed E-state index contributed by atoms with van der Waals surface area (Å²) in [5.74, 6) is 0.697. The van der Waals surface area contributed by atoms with Crippen LogP contribution in [0, 0.1) is 0 Å². The van der Waals surface area contributed by atoms with Gasteiger partial charge in [0.25, 0.3) is 0 Å². The van der Waals surface area contributed by atoms with Gasteiger partial charge in [-0.25, -0.2) is 8.42 Å². The van der Waals surface area contributed by atoms with Crippen LogP contribution in [0.4, 0.5) is 0 Å². The maximum absolute atomic E-state index is 12.3. The zero-order valence-electron chi connectivity index (χ0n) is 11.8. The zero-order chi connectivity index (χ0) is 14.4. The smallest absolute Gasteiger partial charge is 0.243 e. The Morgan fingerprint density at radius 2 is 1.85 bits per heavy atom. The average Bonchev–Trinajstić information content (AvgIpc) is 2.99. The van der Waals surface area contributed by atoms with Crippen molar-refractivity contribution in [1.82, 2.24) is 9.62 Å². The van der Waals surface area contributed by atoms with Crippen LogP contribution in [-0.2, 0) is 10.0 Å². The highest BCUT2D eigenvalue weighted by Gasteiger charge is 2.26. The number of ether oxygens (including phenoxy) is 1. The maximum atomic E-state index is 12.3. The lowest BCUT2D eigenvalue weighted by atomic mass is 10.3. The number of nitrogens with zero attached hydrogens (tertiary/aromatic N) is 1. The molecule has 20 heavy (non-hydrogen) atoms. The molecule has 1 N–H and O–H groups in total. The molecule has 0 amide bonds. The normalized spacial score (nSPS) is 16.4. The second-order valence-corrected chi connectivity index (χ2v) is 6.72. The number of nitrogens with one attached hydrogen (secondary N) is 1. The predicted molar refractivity (Wildman–Crippen MR) is 78.5 cm³/mol. The minimum Gasteiger partial charge on any atom is -0.492 e. The van der Waals surface area contributed by atoms with Crippen LogP contribution in [0.25, 0.3) is 0 Å². The molecule has 5 nitrogen and oxygen atoms in total. The second kappa shape index (κ2) is 7.06. The van der Waals surface area contributed by atoms with Crippen LogP contribution in [0.5, 0.6) is 5.75 Å². The Kier molecular flexibility index (Phi) is 5.39. The Labute approximate surface area is 121 Å². The number of sulfonamides is 1. The molecule has 1 aromatic rings. The fourth-order valence-electron chi connectivity index (χ4n) is 2.20. The molecular weight excluding hydrogens is 276 g/mol. The molecule has 1 heterocycles. The monoisotopic (exact) mass is 298 g/mol. The van der Waals surface area contributed by atoms with E-state index in [0.29, 0.717) is 30.3 Å². The van der Waals surface area contributed by atoms with Crippen molar-refractivity contribution >= 4 is 10.0 Å². The van der Waals surface area contributed by atoms with Crippen molar-refractivity contribution in [3.05, 3.63) is 24.3 Å². The third-order valence-electron chi connectivity index (χ3n) is 3.32. The summed E-state index contributed by atoms with van der Waals surface area (Å²) in [6, 6.07) is 6.68. The minimum atomic E-state index is -3.32. The Hall–Kier alpha value is -1.11. The van der Waals surface area contributed by atoms with Gasteiger partial charge in [-0.1, -0.05) is 6.92 Å². The van der Waals surface area contributed by atoms with E-state index in [1.165, 1.54) is 0 Å². The molecule has 0 spiro atoms. The Morgan fingerprint density at radius 3 is 2.45 bits per heavy atom. The standard InChI is InChI=1S/C14H22N2O3S/c1-2-15-9-12-19-13-5-7-14(8-6-13)20(17,18)16-10-3-4-11-16/h5-8,15H,2-4,9-12H2,1H3. The summed E-state index contributed by atoms with van der Waals surface area (Å²) in [5, 5.41) is 3.16. The van der Waals surface area contributed by atoms with E-state index in [9.17, 15) is 8.42 Å². The highest BCUT2D eigenvalue weighted by Crippen LogP contribution is 2.22. The number of hydrogen-bond donors (Lipinski definition) is 1. The van der Waals surface area contributed by atoms with Gasteiger partial charge in [-0.05, 0) is 43.7 Å². The van der Waals surface area contributed by atoms with E-state index in [1.54, 1.807) is 28.6 Å². The summed E-state index contributed by atoms with van der Waals surface area (Å²) in [5.41, 5.74) is 0. The van der Waals surface area contributed by atoms with Crippen LogP contribution >= 0.6 is 0 Å². The summed E-state index contributed by atoms with van der Waals surface area (Å²) >= 11 is 0. The van der Waals surface area contributed by atoms with Crippen LogP contribution in [0.1, 0.15) is 19.8 Å². The third-order valence-corrected chi connectivity index (χ3v) is 5.24. The quantitative estimate of drug-likeness (QED) is 0.774. The van der Waals surface area contributed by atoms with Crippen LogP contribution in [0.2, 0.25) is 0 Å². The Bertz CT molecular complexity index is 508. The van der Waals surface area contributed by atoms with Crippen molar-refractivity contribution in [2.24, 2.45) is 0 Å². The first-order valence-corrected chi connectivity index (χ1v) is 8.52. The molecule has 1 aliphatic rings. The van der Waals surface area contributed by atoms with Gasteiger partial charge in [0.2, 0.25) is 10.0 Å². The van der Waals surface area contributed by atoms with E-state index in [4.69, 9.17) is 4.74 Å². The van der Waals surface area contributed by atoms with Crippen molar-refractivity contribution in [2.45, 2.75) is 24.7 Å². The zero-order valence-corrected chi connectivity index (χ0v) is 12.7. The fraction of sp³-hybridized carbons (Fsp3) is 0.571. The summed E-state index contributed by atoms with van der Waals surface area (Å²) in [4.78, 5) is 0.346. The Balaban J connectivity index is 1.97. The number of likely N-dealkylation sites (N-methyl/N-ethyl adjacent to an activating group) is 1. The average molecular weight is 298 g/mol. The molecule has 0 aliphatic carbocycles. The van der Waals surface area contributed by atoms with Crippen molar-refractivity contribution in [3.8, 4) is 5.75 Å². The first-order chi connectivity index (χ1) is 9.64. The van der Waals surface area contributed by atoms with Gasteiger partial charge in [0.05, 0.1) is 4.90 Å². The number of benzene rings is 1. The largest absolute Gasteiger partial charge is 0.492 e. The van der Waals surface area contributed by atoms with Crippen LogP contribution < -0.4 is 10.1 Å². The molecule has 0 unspecified atom stereocenters. The third kappa shape index (κ3) is 3.71. The van der Waals surface area contributed by atoms with E-state index < -0.39 is 10.0 Å². The van der Waals surface area contributed by atoms with Gasteiger partial charge in [0.15, 0.2) is 0 Å². The van der Waals surface area contributed by atoms with Gasteiger partial charge in [0, 0.05) is 19.6 Å². The van der Waals surface area contributed by atoms with Gasteiger partial charge in [-0.3, -0.25) is 0 Å². The lowest BCUT2D eigenvalue weighted by Gasteiger charge is -2.15. The van der Waals surface area contributed by atoms with Gasteiger partial charge in [-0.2, -0.15) is 4.31 Å². The molecule has 0 atom stereocenters. The lowest BCUT2D eigenvalue weighted by molar-refractivity contribution is 0.315. The molecule has 1 saturated heterocycles. The van der Waals surface area contributed by atoms with Crippen molar-refractivity contribution in [2.75, 3.05) is 32.8 Å². The lowest BCUT2D eigenvalue weighted by Crippen LogP contribution is -2.27. The minimum absolute atomic E-state index is 0.346. The summed E-state index contributed by atoms with van der Waals surface area (Å²) in [6.07, 6.45) is 1.90. The second-order valence-electron chi connectivity index (χ2n) is 4.78. The topological polar surface area (TPSA) is 58.6 Å². The highest BCUT2D eigenvalue weighted by atomic mass is 32.2.